The first kappa shape index (κ1) is 20.5. The van der Waals surface area contributed by atoms with Crippen LogP contribution in [0.5, 0.6) is 0 Å². The van der Waals surface area contributed by atoms with Gasteiger partial charge in [0.2, 0.25) is 0 Å². The zero-order chi connectivity index (χ0) is 21.4. The summed E-state index contributed by atoms with van der Waals surface area (Å²) < 4.78 is 6.28. The van der Waals surface area contributed by atoms with Crippen molar-refractivity contribution in [3.8, 4) is 0 Å². The van der Waals surface area contributed by atoms with Crippen molar-refractivity contribution in [2.45, 2.75) is 38.3 Å². The van der Waals surface area contributed by atoms with Crippen molar-refractivity contribution < 1.29 is 9.53 Å². The standard InChI is InChI=1S/C26H27ClN2O2/c1-2-17-16-29-14-12-18(17)15-24(29)25(31-26(30)21-8-3-5-9-22(21)27)20-11-13-28-23-10-6-4-7-19(20)23/h3-11,13,17-18,24-25H,2,12,14-16H2,1H3/t17-,18-,24-,25-/m0/s1. The average Bonchev–Trinajstić information content (AvgIpc) is 2.82. The van der Waals surface area contributed by atoms with Crippen LogP contribution in [-0.2, 0) is 4.74 Å². The number of ether oxygens (including phenoxy) is 1. The third kappa shape index (κ3) is 3.83. The summed E-state index contributed by atoms with van der Waals surface area (Å²) in [6.07, 6.45) is 4.94. The number of hydrogen-bond acceptors (Lipinski definition) is 4. The molecule has 0 aliphatic carbocycles. The number of hydrogen-bond donors (Lipinski definition) is 0. The summed E-state index contributed by atoms with van der Waals surface area (Å²) in [5, 5.41) is 1.46. The monoisotopic (exact) mass is 434 g/mol. The van der Waals surface area contributed by atoms with Crippen molar-refractivity contribution in [3.05, 3.63) is 76.9 Å². The average molecular weight is 435 g/mol. The van der Waals surface area contributed by atoms with Crippen LogP contribution in [0.25, 0.3) is 10.9 Å². The second-order valence-electron chi connectivity index (χ2n) is 8.74. The van der Waals surface area contributed by atoms with E-state index in [9.17, 15) is 4.79 Å². The Morgan fingerprint density at radius 1 is 1.19 bits per heavy atom. The highest BCUT2D eigenvalue weighted by atomic mass is 35.5. The fraction of sp³-hybridized carbons (Fsp3) is 0.385. The molecule has 5 atom stereocenters. The Morgan fingerprint density at radius 3 is 2.77 bits per heavy atom. The smallest absolute Gasteiger partial charge is 0.340 e. The first-order valence-corrected chi connectivity index (χ1v) is 11.6. The highest BCUT2D eigenvalue weighted by Gasteiger charge is 2.44. The molecule has 3 aliphatic rings. The number of fused-ring (bicyclic) bond motifs is 4. The lowest BCUT2D eigenvalue weighted by atomic mass is 9.72. The molecule has 4 heterocycles. The van der Waals surface area contributed by atoms with Gasteiger partial charge in [-0.3, -0.25) is 9.88 Å². The van der Waals surface area contributed by atoms with Gasteiger partial charge in [0.1, 0.15) is 6.10 Å². The molecule has 6 rings (SSSR count). The highest BCUT2D eigenvalue weighted by Crippen LogP contribution is 2.44. The minimum Gasteiger partial charge on any atom is -0.452 e. The molecule has 0 amide bonds. The van der Waals surface area contributed by atoms with E-state index in [0.29, 0.717) is 16.5 Å². The maximum atomic E-state index is 13.2. The summed E-state index contributed by atoms with van der Waals surface area (Å²) in [5.74, 6) is 1.06. The van der Waals surface area contributed by atoms with Gasteiger partial charge in [0.05, 0.1) is 22.1 Å². The van der Waals surface area contributed by atoms with Crippen LogP contribution in [-0.4, -0.2) is 35.0 Å². The van der Waals surface area contributed by atoms with Crippen LogP contribution in [0.2, 0.25) is 5.02 Å². The quantitative estimate of drug-likeness (QED) is 0.468. The maximum Gasteiger partial charge on any atom is 0.340 e. The number of carbonyl (C=O) groups is 1. The number of esters is 1. The van der Waals surface area contributed by atoms with E-state index in [4.69, 9.17) is 16.3 Å². The number of halogens is 1. The lowest BCUT2D eigenvalue weighted by molar-refractivity contribution is -0.0659. The molecule has 1 aromatic heterocycles. The van der Waals surface area contributed by atoms with Crippen LogP contribution in [0.15, 0.2) is 60.8 Å². The molecule has 5 heteroatoms. The van der Waals surface area contributed by atoms with Gasteiger partial charge >= 0.3 is 5.97 Å². The third-order valence-electron chi connectivity index (χ3n) is 7.13. The second-order valence-corrected chi connectivity index (χ2v) is 9.15. The molecule has 160 valence electrons. The van der Waals surface area contributed by atoms with Gasteiger partial charge < -0.3 is 4.74 Å². The lowest BCUT2D eigenvalue weighted by Gasteiger charge is -2.51. The first-order chi connectivity index (χ1) is 15.2. The zero-order valence-electron chi connectivity index (χ0n) is 17.7. The molecule has 3 aromatic rings. The number of aromatic nitrogens is 1. The molecule has 3 aliphatic heterocycles. The van der Waals surface area contributed by atoms with Crippen molar-refractivity contribution in [3.63, 3.8) is 0 Å². The number of carbonyl (C=O) groups excluding carboxylic acids is 1. The second kappa shape index (κ2) is 8.60. The molecular formula is C26H27ClN2O2. The van der Waals surface area contributed by atoms with E-state index in [-0.39, 0.29) is 18.1 Å². The molecule has 0 N–H and O–H groups in total. The van der Waals surface area contributed by atoms with Crippen LogP contribution < -0.4 is 0 Å². The van der Waals surface area contributed by atoms with Crippen molar-refractivity contribution in [1.29, 1.82) is 0 Å². The van der Waals surface area contributed by atoms with Crippen molar-refractivity contribution in [1.82, 2.24) is 9.88 Å². The number of piperidine rings is 3. The number of nitrogens with zero attached hydrogens (tertiary/aromatic N) is 2. The number of benzene rings is 2. The lowest BCUT2D eigenvalue weighted by Crippen LogP contribution is -2.55. The largest absolute Gasteiger partial charge is 0.452 e. The molecule has 0 spiro atoms. The van der Waals surface area contributed by atoms with Crippen LogP contribution >= 0.6 is 11.6 Å². The Morgan fingerprint density at radius 2 is 2.00 bits per heavy atom. The van der Waals surface area contributed by atoms with Crippen molar-refractivity contribution >= 4 is 28.5 Å². The van der Waals surface area contributed by atoms with Crippen LogP contribution in [0.4, 0.5) is 0 Å². The van der Waals surface area contributed by atoms with Gasteiger partial charge in [0.15, 0.2) is 0 Å². The van der Waals surface area contributed by atoms with E-state index in [1.165, 1.54) is 12.8 Å². The molecule has 31 heavy (non-hydrogen) atoms. The molecule has 2 bridgehead atoms. The van der Waals surface area contributed by atoms with E-state index < -0.39 is 0 Å². The number of pyridine rings is 1. The predicted molar refractivity (Wildman–Crippen MR) is 123 cm³/mol. The maximum absolute atomic E-state index is 13.2. The Labute approximate surface area is 188 Å². The minimum absolute atomic E-state index is 0.166. The Hall–Kier alpha value is -2.43. The van der Waals surface area contributed by atoms with E-state index >= 15 is 0 Å². The van der Waals surface area contributed by atoms with Gasteiger partial charge in [0.25, 0.3) is 0 Å². The topological polar surface area (TPSA) is 42.4 Å². The van der Waals surface area contributed by atoms with E-state index in [2.05, 4.69) is 22.9 Å². The SMILES string of the molecule is CC[C@H]1CN2CC[C@H]1C[C@H]2[C@@H](OC(=O)c1ccccc1Cl)c1ccnc2ccccc12. The third-order valence-corrected chi connectivity index (χ3v) is 7.46. The molecule has 3 saturated heterocycles. The Kier molecular flexibility index (Phi) is 5.68. The fourth-order valence-electron chi connectivity index (χ4n) is 5.48. The van der Waals surface area contributed by atoms with Crippen LogP contribution in [0.1, 0.15) is 48.2 Å². The van der Waals surface area contributed by atoms with Gasteiger partial charge in [-0.25, -0.2) is 4.79 Å². The number of para-hydroxylation sites is 1. The van der Waals surface area contributed by atoms with E-state index in [1.807, 2.05) is 42.6 Å². The summed E-state index contributed by atoms with van der Waals surface area (Å²) in [5.41, 5.74) is 2.35. The van der Waals surface area contributed by atoms with Gasteiger partial charge in [-0.2, -0.15) is 0 Å². The normalized spacial score (nSPS) is 26.0. The highest BCUT2D eigenvalue weighted by molar-refractivity contribution is 6.33. The summed E-state index contributed by atoms with van der Waals surface area (Å²) in [7, 11) is 0. The molecular weight excluding hydrogens is 408 g/mol. The molecule has 1 unspecified atom stereocenters. The predicted octanol–water partition coefficient (Wildman–Crippen LogP) is 5.91. The van der Waals surface area contributed by atoms with Gasteiger partial charge in [-0.15, -0.1) is 0 Å². The fourth-order valence-corrected chi connectivity index (χ4v) is 5.69. The van der Waals surface area contributed by atoms with Crippen molar-refractivity contribution in [2.75, 3.05) is 13.1 Å². The molecule has 0 radical (unpaired) electrons. The van der Waals surface area contributed by atoms with Gasteiger partial charge in [0, 0.05) is 23.7 Å². The molecule has 3 fully saturated rings. The first-order valence-electron chi connectivity index (χ1n) is 11.2. The zero-order valence-corrected chi connectivity index (χ0v) is 18.5. The summed E-state index contributed by atoms with van der Waals surface area (Å²) in [6.45, 7) is 4.43. The van der Waals surface area contributed by atoms with E-state index in [1.54, 1.807) is 12.1 Å². The molecule has 2 aromatic carbocycles. The van der Waals surface area contributed by atoms with E-state index in [0.717, 1.165) is 41.9 Å². The molecule has 0 saturated carbocycles. The summed E-state index contributed by atoms with van der Waals surface area (Å²) in [6, 6.07) is 17.3. The van der Waals surface area contributed by atoms with Crippen LogP contribution in [0, 0.1) is 11.8 Å². The van der Waals surface area contributed by atoms with Gasteiger partial charge in [-0.1, -0.05) is 55.3 Å². The number of rotatable bonds is 5. The Bertz CT molecular complexity index is 1100. The summed E-state index contributed by atoms with van der Waals surface area (Å²) in [4.78, 5) is 20.3. The molecule has 4 nitrogen and oxygen atoms in total. The van der Waals surface area contributed by atoms with Crippen LogP contribution in [0.3, 0.4) is 0 Å². The van der Waals surface area contributed by atoms with Gasteiger partial charge in [-0.05, 0) is 55.5 Å². The van der Waals surface area contributed by atoms with Crippen molar-refractivity contribution in [2.24, 2.45) is 11.8 Å². The minimum atomic E-state index is -0.369. The Balaban J connectivity index is 1.55. The summed E-state index contributed by atoms with van der Waals surface area (Å²) >= 11 is 6.31.